The van der Waals surface area contributed by atoms with Gasteiger partial charge >= 0.3 is 0 Å². The van der Waals surface area contributed by atoms with Gasteiger partial charge in [0.25, 0.3) is 5.91 Å². The lowest BCUT2D eigenvalue weighted by Crippen LogP contribution is -2.23. The van der Waals surface area contributed by atoms with E-state index in [0.29, 0.717) is 12.1 Å². The number of rotatable bonds is 6. The first-order chi connectivity index (χ1) is 10.1. The van der Waals surface area contributed by atoms with Gasteiger partial charge in [-0.2, -0.15) is 0 Å². The van der Waals surface area contributed by atoms with Gasteiger partial charge in [0.15, 0.2) is 0 Å². The second kappa shape index (κ2) is 7.17. The number of nitrogens with one attached hydrogen (secondary N) is 2. The Hall–Kier alpha value is -1.95. The van der Waals surface area contributed by atoms with Crippen LogP contribution in [0.25, 0.3) is 0 Å². The maximum Gasteiger partial charge on any atom is 0.251 e. The van der Waals surface area contributed by atoms with Crippen LogP contribution >= 0.6 is 11.3 Å². The van der Waals surface area contributed by atoms with Crippen LogP contribution in [0.15, 0.2) is 23.8 Å². The number of hydrogen-bond acceptors (Lipinski definition) is 5. The third-order valence-electron chi connectivity index (χ3n) is 2.96. The highest BCUT2D eigenvalue weighted by molar-refractivity contribution is 7.09. The summed E-state index contributed by atoms with van der Waals surface area (Å²) < 4.78 is 0. The zero-order valence-electron chi connectivity index (χ0n) is 12.5. The van der Waals surface area contributed by atoms with Crippen LogP contribution in [0.1, 0.15) is 47.6 Å². The van der Waals surface area contributed by atoms with Crippen molar-refractivity contribution in [3.8, 4) is 0 Å². The van der Waals surface area contributed by atoms with Crippen LogP contribution in [-0.2, 0) is 6.54 Å². The van der Waals surface area contributed by atoms with Gasteiger partial charge in [-0.15, -0.1) is 11.3 Å². The zero-order valence-corrected chi connectivity index (χ0v) is 13.3. The number of hydrogen-bond donors (Lipinski definition) is 2. The van der Waals surface area contributed by atoms with Crippen molar-refractivity contribution in [1.82, 2.24) is 15.3 Å². The maximum absolute atomic E-state index is 12.3. The molecular formula is C15H20N4OS. The van der Waals surface area contributed by atoms with E-state index >= 15 is 0 Å². The average Bonchev–Trinajstić information content (AvgIpc) is 2.98. The highest BCUT2D eigenvalue weighted by Crippen LogP contribution is 2.18. The molecule has 0 radical (unpaired) electrons. The molecule has 112 valence electrons. The molecule has 2 aromatic heterocycles. The molecular weight excluding hydrogens is 284 g/mol. The fourth-order valence-electron chi connectivity index (χ4n) is 1.85. The Bertz CT molecular complexity index is 596. The molecule has 0 spiro atoms. The van der Waals surface area contributed by atoms with Crippen molar-refractivity contribution in [2.24, 2.45) is 0 Å². The van der Waals surface area contributed by atoms with Crippen LogP contribution in [-0.4, -0.2) is 22.4 Å². The molecule has 0 bridgehead atoms. The molecule has 2 rings (SSSR count). The maximum atomic E-state index is 12.3. The number of pyridine rings is 1. The van der Waals surface area contributed by atoms with Crippen molar-refractivity contribution in [1.29, 1.82) is 0 Å². The fourth-order valence-corrected chi connectivity index (χ4v) is 2.38. The minimum atomic E-state index is -0.0909. The number of amides is 1. The van der Waals surface area contributed by atoms with E-state index in [1.165, 1.54) is 11.3 Å². The van der Waals surface area contributed by atoms with Crippen molar-refractivity contribution in [3.63, 3.8) is 0 Å². The minimum absolute atomic E-state index is 0.0909. The van der Waals surface area contributed by atoms with Crippen molar-refractivity contribution in [2.45, 2.75) is 33.2 Å². The van der Waals surface area contributed by atoms with Gasteiger partial charge in [0.2, 0.25) is 0 Å². The minimum Gasteiger partial charge on any atom is -0.370 e. The predicted octanol–water partition coefficient (Wildman–Crippen LogP) is 3.02. The predicted molar refractivity (Wildman–Crippen MR) is 85.8 cm³/mol. The Morgan fingerprint density at radius 3 is 2.81 bits per heavy atom. The highest BCUT2D eigenvalue weighted by atomic mass is 32.1. The van der Waals surface area contributed by atoms with E-state index in [1.807, 2.05) is 13.0 Å². The van der Waals surface area contributed by atoms with Gasteiger partial charge in [0, 0.05) is 28.9 Å². The standard InChI is InChI=1S/C15H20N4OS/c1-4-17-14-6-11(5-13(19-14)10(2)3)15(20)18-8-12-7-16-9-21-12/h5-7,9-10H,4,8H2,1-3H3,(H,17,19)(H,18,20). The lowest BCUT2D eigenvalue weighted by atomic mass is 10.1. The summed E-state index contributed by atoms with van der Waals surface area (Å²) in [7, 11) is 0. The van der Waals surface area contributed by atoms with Crippen LogP contribution in [0, 0.1) is 0 Å². The molecule has 0 saturated carbocycles. The molecule has 5 nitrogen and oxygen atoms in total. The monoisotopic (exact) mass is 304 g/mol. The summed E-state index contributed by atoms with van der Waals surface area (Å²) in [6.45, 7) is 7.41. The van der Waals surface area contributed by atoms with E-state index < -0.39 is 0 Å². The van der Waals surface area contributed by atoms with Crippen molar-refractivity contribution >= 4 is 23.1 Å². The number of nitrogens with zero attached hydrogens (tertiary/aromatic N) is 2. The molecule has 0 atom stereocenters. The molecule has 0 fully saturated rings. The van der Waals surface area contributed by atoms with Crippen LogP contribution < -0.4 is 10.6 Å². The Kier molecular flexibility index (Phi) is 5.27. The topological polar surface area (TPSA) is 66.9 Å². The second-order valence-corrected chi connectivity index (χ2v) is 5.97. The molecule has 0 saturated heterocycles. The van der Waals surface area contributed by atoms with Crippen molar-refractivity contribution in [3.05, 3.63) is 40.0 Å². The summed E-state index contributed by atoms with van der Waals surface area (Å²) in [5.41, 5.74) is 3.30. The average molecular weight is 304 g/mol. The van der Waals surface area contributed by atoms with Crippen molar-refractivity contribution in [2.75, 3.05) is 11.9 Å². The molecule has 21 heavy (non-hydrogen) atoms. The van der Waals surface area contributed by atoms with E-state index in [4.69, 9.17) is 0 Å². The van der Waals surface area contributed by atoms with Gasteiger partial charge in [0.1, 0.15) is 5.82 Å². The third-order valence-corrected chi connectivity index (χ3v) is 3.74. The molecule has 0 unspecified atom stereocenters. The lowest BCUT2D eigenvalue weighted by Gasteiger charge is -2.12. The summed E-state index contributed by atoms with van der Waals surface area (Å²) in [5.74, 6) is 0.926. The second-order valence-electron chi connectivity index (χ2n) is 5.00. The lowest BCUT2D eigenvalue weighted by molar-refractivity contribution is 0.0951. The number of carbonyl (C=O) groups excluding carboxylic acids is 1. The SMILES string of the molecule is CCNc1cc(C(=O)NCc2cncs2)cc(C(C)C)n1. The Morgan fingerprint density at radius 1 is 1.38 bits per heavy atom. The first kappa shape index (κ1) is 15.4. The molecule has 2 aromatic rings. The zero-order chi connectivity index (χ0) is 15.2. The Balaban J connectivity index is 2.14. The molecule has 2 N–H and O–H groups in total. The normalized spacial score (nSPS) is 10.7. The summed E-state index contributed by atoms with van der Waals surface area (Å²) in [6.07, 6.45) is 1.76. The summed E-state index contributed by atoms with van der Waals surface area (Å²) in [4.78, 5) is 21.8. The molecule has 0 aromatic carbocycles. The van der Waals surface area contributed by atoms with Crippen molar-refractivity contribution < 1.29 is 4.79 Å². The molecule has 1 amide bonds. The molecule has 6 heteroatoms. The number of anilines is 1. The van der Waals surface area contributed by atoms with Gasteiger partial charge in [0.05, 0.1) is 12.1 Å². The quantitative estimate of drug-likeness (QED) is 0.861. The van der Waals surface area contributed by atoms with E-state index in [0.717, 1.165) is 22.9 Å². The van der Waals surface area contributed by atoms with Crippen LogP contribution in [0.5, 0.6) is 0 Å². The Labute approximate surface area is 128 Å². The van der Waals surface area contributed by atoms with E-state index in [1.54, 1.807) is 17.8 Å². The number of carbonyl (C=O) groups is 1. The highest BCUT2D eigenvalue weighted by Gasteiger charge is 2.12. The molecule has 0 aliphatic heterocycles. The third kappa shape index (κ3) is 4.26. The summed E-state index contributed by atoms with van der Waals surface area (Å²) in [6, 6.07) is 3.64. The first-order valence-corrected chi connectivity index (χ1v) is 7.89. The van der Waals surface area contributed by atoms with Crippen LogP contribution in [0.4, 0.5) is 5.82 Å². The largest absolute Gasteiger partial charge is 0.370 e. The van der Waals surface area contributed by atoms with Crippen LogP contribution in [0.3, 0.4) is 0 Å². The smallest absolute Gasteiger partial charge is 0.251 e. The number of thiazole rings is 1. The van der Waals surface area contributed by atoms with Gasteiger partial charge in [-0.05, 0) is 25.0 Å². The number of aromatic nitrogens is 2. The Morgan fingerprint density at radius 2 is 2.19 bits per heavy atom. The summed E-state index contributed by atoms with van der Waals surface area (Å²) >= 11 is 1.53. The van der Waals surface area contributed by atoms with Gasteiger partial charge in [-0.3, -0.25) is 9.78 Å². The van der Waals surface area contributed by atoms with E-state index in [2.05, 4.69) is 34.4 Å². The molecule has 2 heterocycles. The molecule has 0 aliphatic rings. The van der Waals surface area contributed by atoms with E-state index in [-0.39, 0.29) is 11.8 Å². The van der Waals surface area contributed by atoms with Crippen LogP contribution in [0.2, 0.25) is 0 Å². The van der Waals surface area contributed by atoms with Gasteiger partial charge < -0.3 is 10.6 Å². The fraction of sp³-hybridized carbons (Fsp3) is 0.400. The van der Waals surface area contributed by atoms with Gasteiger partial charge in [-0.25, -0.2) is 4.98 Å². The summed E-state index contributed by atoms with van der Waals surface area (Å²) in [5, 5.41) is 6.08. The van der Waals surface area contributed by atoms with E-state index in [9.17, 15) is 4.79 Å². The van der Waals surface area contributed by atoms with Gasteiger partial charge in [-0.1, -0.05) is 13.8 Å². The molecule has 0 aliphatic carbocycles. The first-order valence-electron chi connectivity index (χ1n) is 7.01.